The summed E-state index contributed by atoms with van der Waals surface area (Å²) in [6.45, 7) is 1.09. The van der Waals surface area contributed by atoms with Crippen molar-refractivity contribution in [3.8, 4) is 0 Å². The van der Waals surface area contributed by atoms with Gasteiger partial charge < -0.3 is 10.6 Å². The normalized spacial score (nSPS) is 27.1. The molecule has 0 amide bonds. The van der Waals surface area contributed by atoms with Gasteiger partial charge in [-0.25, -0.2) is 0 Å². The molecule has 3 heteroatoms. The lowest BCUT2D eigenvalue weighted by molar-refractivity contribution is 0.296. The number of rotatable bonds is 2. The van der Waals surface area contributed by atoms with Gasteiger partial charge in [-0.15, -0.1) is 0 Å². The van der Waals surface area contributed by atoms with Crippen LogP contribution in [0.1, 0.15) is 12.0 Å². The highest BCUT2D eigenvalue weighted by Gasteiger charge is 2.29. The minimum absolute atomic E-state index is 0.284. The maximum absolute atomic E-state index is 6.14. The highest BCUT2D eigenvalue weighted by Crippen LogP contribution is 2.22. The molecule has 2 N–H and O–H groups in total. The summed E-state index contributed by atoms with van der Waals surface area (Å²) in [5.74, 6) is 0. The maximum atomic E-state index is 6.14. The molecule has 2 atom stereocenters. The molecule has 2 rings (SSSR count). The third kappa shape index (κ3) is 2.33. The number of nitrogens with two attached hydrogens (primary N) is 1. The molecule has 1 aliphatic heterocycles. The average molecular weight is 225 g/mol. The van der Waals surface area contributed by atoms with Crippen molar-refractivity contribution >= 4 is 11.6 Å². The molecule has 0 radical (unpaired) electrons. The number of likely N-dealkylation sites (N-methyl/N-ethyl adjacent to an activating group) is 1. The zero-order valence-corrected chi connectivity index (χ0v) is 9.74. The molecule has 1 aromatic rings. The molecule has 1 heterocycles. The van der Waals surface area contributed by atoms with Crippen molar-refractivity contribution in [2.75, 3.05) is 13.6 Å². The molecule has 0 bridgehead atoms. The lowest BCUT2D eigenvalue weighted by Gasteiger charge is -2.23. The number of likely N-dealkylation sites (tertiary alicyclic amines) is 1. The predicted octanol–water partition coefficient (Wildman–Crippen LogP) is 1.91. The van der Waals surface area contributed by atoms with Gasteiger partial charge in [0.1, 0.15) is 0 Å². The average Bonchev–Trinajstić information content (AvgIpc) is 2.53. The fraction of sp³-hybridized carbons (Fsp3) is 0.500. The third-order valence-electron chi connectivity index (χ3n) is 3.26. The van der Waals surface area contributed by atoms with E-state index in [1.54, 1.807) is 0 Å². The van der Waals surface area contributed by atoms with E-state index in [0.29, 0.717) is 6.04 Å². The van der Waals surface area contributed by atoms with Crippen molar-refractivity contribution in [3.63, 3.8) is 0 Å². The summed E-state index contributed by atoms with van der Waals surface area (Å²) in [6, 6.07) is 8.74. The second kappa shape index (κ2) is 4.52. The lowest BCUT2D eigenvalue weighted by Crippen LogP contribution is -2.39. The molecule has 1 fully saturated rings. The van der Waals surface area contributed by atoms with Gasteiger partial charge in [0.05, 0.1) is 0 Å². The number of hydrogen-bond acceptors (Lipinski definition) is 2. The second-order valence-corrected chi connectivity index (χ2v) is 4.70. The topological polar surface area (TPSA) is 29.3 Å². The van der Waals surface area contributed by atoms with Crippen molar-refractivity contribution in [1.82, 2.24) is 4.90 Å². The van der Waals surface area contributed by atoms with Crippen LogP contribution in [0, 0.1) is 0 Å². The molecule has 0 aliphatic carbocycles. The van der Waals surface area contributed by atoms with Crippen molar-refractivity contribution < 1.29 is 0 Å². The Morgan fingerprint density at radius 3 is 2.80 bits per heavy atom. The Balaban J connectivity index is 2.11. The minimum Gasteiger partial charge on any atom is -0.326 e. The Morgan fingerprint density at radius 2 is 2.20 bits per heavy atom. The minimum atomic E-state index is 0.284. The number of nitrogens with zero attached hydrogens (tertiary/aromatic N) is 1. The lowest BCUT2D eigenvalue weighted by atomic mass is 10.0. The van der Waals surface area contributed by atoms with E-state index in [1.807, 2.05) is 18.2 Å². The summed E-state index contributed by atoms with van der Waals surface area (Å²) >= 11 is 6.14. The maximum Gasteiger partial charge on any atom is 0.0438 e. The zero-order valence-electron chi connectivity index (χ0n) is 8.99. The number of halogens is 1. The van der Waals surface area contributed by atoms with E-state index in [0.717, 1.165) is 24.4 Å². The molecule has 0 spiro atoms. The third-order valence-corrected chi connectivity index (χ3v) is 3.63. The zero-order chi connectivity index (χ0) is 10.8. The van der Waals surface area contributed by atoms with Crippen molar-refractivity contribution in [1.29, 1.82) is 0 Å². The standard InChI is InChI=1S/C12H17ClN2/c1-15-7-6-11(14)12(15)8-9-4-2-3-5-10(9)13/h2-5,11-12H,6-8,14H2,1H3. The van der Waals surface area contributed by atoms with Gasteiger partial charge in [-0.2, -0.15) is 0 Å². The molecule has 0 aromatic heterocycles. The SMILES string of the molecule is CN1CCC(N)C1Cc1ccccc1Cl. The van der Waals surface area contributed by atoms with Gasteiger partial charge in [0.2, 0.25) is 0 Å². The molecule has 2 unspecified atom stereocenters. The Labute approximate surface area is 96.0 Å². The molecule has 0 saturated carbocycles. The highest BCUT2D eigenvalue weighted by molar-refractivity contribution is 6.31. The quantitative estimate of drug-likeness (QED) is 0.832. The van der Waals surface area contributed by atoms with Gasteiger partial charge in [0.15, 0.2) is 0 Å². The first-order chi connectivity index (χ1) is 7.18. The monoisotopic (exact) mass is 224 g/mol. The second-order valence-electron chi connectivity index (χ2n) is 4.30. The first kappa shape index (κ1) is 10.9. The van der Waals surface area contributed by atoms with Gasteiger partial charge in [0.25, 0.3) is 0 Å². The molecular formula is C12H17ClN2. The molecule has 82 valence electrons. The van der Waals surface area contributed by atoms with Crippen molar-refractivity contribution in [3.05, 3.63) is 34.9 Å². The van der Waals surface area contributed by atoms with Crippen LogP contribution in [0.25, 0.3) is 0 Å². The van der Waals surface area contributed by atoms with E-state index in [1.165, 1.54) is 5.56 Å². The fourth-order valence-electron chi connectivity index (χ4n) is 2.23. The smallest absolute Gasteiger partial charge is 0.0438 e. The largest absolute Gasteiger partial charge is 0.326 e. The van der Waals surface area contributed by atoms with Crippen LogP contribution >= 0.6 is 11.6 Å². The van der Waals surface area contributed by atoms with Gasteiger partial charge in [-0.05, 0) is 38.1 Å². The van der Waals surface area contributed by atoms with E-state index in [9.17, 15) is 0 Å². The van der Waals surface area contributed by atoms with Crippen LogP contribution < -0.4 is 5.73 Å². The van der Waals surface area contributed by atoms with Crippen LogP contribution in [-0.2, 0) is 6.42 Å². The Morgan fingerprint density at radius 1 is 1.47 bits per heavy atom. The van der Waals surface area contributed by atoms with Crippen LogP contribution in [-0.4, -0.2) is 30.6 Å². The fourth-order valence-corrected chi connectivity index (χ4v) is 2.45. The summed E-state index contributed by atoms with van der Waals surface area (Å²) < 4.78 is 0. The van der Waals surface area contributed by atoms with E-state index in [4.69, 9.17) is 17.3 Å². The summed E-state index contributed by atoms with van der Waals surface area (Å²) in [4.78, 5) is 2.33. The first-order valence-corrected chi connectivity index (χ1v) is 5.75. The van der Waals surface area contributed by atoms with Crippen LogP contribution in [0.2, 0.25) is 5.02 Å². The van der Waals surface area contributed by atoms with E-state index < -0.39 is 0 Å². The van der Waals surface area contributed by atoms with E-state index in [-0.39, 0.29) is 6.04 Å². The summed E-state index contributed by atoms with van der Waals surface area (Å²) in [5, 5.41) is 0.852. The van der Waals surface area contributed by atoms with Crippen LogP contribution in [0.4, 0.5) is 0 Å². The molecule has 1 aromatic carbocycles. The highest BCUT2D eigenvalue weighted by atomic mass is 35.5. The van der Waals surface area contributed by atoms with E-state index in [2.05, 4.69) is 18.0 Å². The molecule has 15 heavy (non-hydrogen) atoms. The number of hydrogen-bond donors (Lipinski definition) is 1. The number of benzene rings is 1. The Bertz CT molecular complexity index is 330. The van der Waals surface area contributed by atoms with Crippen LogP contribution in [0.5, 0.6) is 0 Å². The predicted molar refractivity (Wildman–Crippen MR) is 64.2 cm³/mol. The van der Waals surface area contributed by atoms with Gasteiger partial charge in [0, 0.05) is 17.1 Å². The van der Waals surface area contributed by atoms with Gasteiger partial charge in [-0.1, -0.05) is 29.8 Å². The van der Waals surface area contributed by atoms with Crippen LogP contribution in [0.3, 0.4) is 0 Å². The van der Waals surface area contributed by atoms with Crippen molar-refractivity contribution in [2.45, 2.75) is 24.9 Å². The molecule has 1 saturated heterocycles. The van der Waals surface area contributed by atoms with Gasteiger partial charge in [-0.3, -0.25) is 0 Å². The first-order valence-electron chi connectivity index (χ1n) is 5.37. The van der Waals surface area contributed by atoms with Gasteiger partial charge >= 0.3 is 0 Å². The summed E-state index contributed by atoms with van der Waals surface area (Å²) in [6.07, 6.45) is 2.04. The molecular weight excluding hydrogens is 208 g/mol. The van der Waals surface area contributed by atoms with Crippen molar-refractivity contribution in [2.24, 2.45) is 5.73 Å². The summed E-state index contributed by atoms with van der Waals surface area (Å²) in [5.41, 5.74) is 7.28. The molecule has 1 aliphatic rings. The van der Waals surface area contributed by atoms with E-state index >= 15 is 0 Å². The Kier molecular flexibility index (Phi) is 3.29. The van der Waals surface area contributed by atoms with Crippen LogP contribution in [0.15, 0.2) is 24.3 Å². The Hall–Kier alpha value is -0.570. The summed E-state index contributed by atoms with van der Waals surface area (Å²) in [7, 11) is 2.13. The molecule has 2 nitrogen and oxygen atoms in total.